The van der Waals surface area contributed by atoms with E-state index in [1.165, 1.54) is 32.1 Å². The van der Waals surface area contributed by atoms with Crippen LogP contribution in [0.25, 0.3) is 0 Å². The Hall–Kier alpha value is -1.58. The van der Waals surface area contributed by atoms with Crippen molar-refractivity contribution < 1.29 is 4.79 Å². The summed E-state index contributed by atoms with van der Waals surface area (Å²) in [6, 6.07) is 2.15. The van der Waals surface area contributed by atoms with Crippen LogP contribution in [0, 0.1) is 5.92 Å². The number of hydrogen-bond acceptors (Lipinski definition) is 3. The maximum Gasteiger partial charge on any atom is 0.255 e. The molecule has 1 saturated carbocycles. The number of rotatable bonds is 6. The number of amides is 1. The molecule has 0 bridgehead atoms. The van der Waals surface area contributed by atoms with E-state index in [1.807, 2.05) is 13.0 Å². The lowest BCUT2D eigenvalue weighted by atomic mass is 9.83. The van der Waals surface area contributed by atoms with Crippen molar-refractivity contribution in [2.75, 3.05) is 11.9 Å². The molecule has 0 aromatic carbocycles. The Morgan fingerprint density at radius 1 is 1.33 bits per heavy atom. The van der Waals surface area contributed by atoms with Gasteiger partial charge in [-0.3, -0.25) is 9.78 Å². The topological polar surface area (TPSA) is 54.0 Å². The quantitative estimate of drug-likeness (QED) is 0.841. The van der Waals surface area contributed by atoms with Crippen LogP contribution in [0.5, 0.6) is 0 Å². The van der Waals surface area contributed by atoms with Crippen molar-refractivity contribution in [3.63, 3.8) is 0 Å². The van der Waals surface area contributed by atoms with Gasteiger partial charge in [-0.1, -0.05) is 26.2 Å². The van der Waals surface area contributed by atoms with Gasteiger partial charge in [0.2, 0.25) is 0 Å². The predicted octanol–water partition coefficient (Wildman–Crippen LogP) is 3.60. The highest BCUT2D eigenvalue weighted by Gasteiger charge is 2.24. The fraction of sp³-hybridized carbons (Fsp3) is 0.647. The van der Waals surface area contributed by atoms with Crippen molar-refractivity contribution in [2.45, 2.75) is 58.4 Å². The van der Waals surface area contributed by atoms with Crippen LogP contribution >= 0.6 is 0 Å². The number of hydrogen-bond donors (Lipinski definition) is 2. The molecular formula is C17H27N3O. The molecule has 1 atom stereocenters. The lowest BCUT2D eigenvalue weighted by Crippen LogP contribution is -2.41. The summed E-state index contributed by atoms with van der Waals surface area (Å²) in [6.07, 6.45) is 10.8. The highest BCUT2D eigenvalue weighted by Crippen LogP contribution is 2.28. The Labute approximate surface area is 127 Å². The lowest BCUT2D eigenvalue weighted by molar-refractivity contribution is 0.0911. The number of nitrogens with one attached hydrogen (secondary N) is 2. The average molecular weight is 289 g/mol. The van der Waals surface area contributed by atoms with E-state index in [0.717, 1.165) is 18.7 Å². The summed E-state index contributed by atoms with van der Waals surface area (Å²) >= 11 is 0. The van der Waals surface area contributed by atoms with Gasteiger partial charge in [0.15, 0.2) is 0 Å². The third-order valence-corrected chi connectivity index (χ3v) is 4.41. The number of nitrogens with zero attached hydrogens (tertiary/aromatic N) is 1. The van der Waals surface area contributed by atoms with Gasteiger partial charge in [-0.25, -0.2) is 0 Å². The monoisotopic (exact) mass is 289 g/mol. The fourth-order valence-electron chi connectivity index (χ4n) is 3.26. The Bertz CT molecular complexity index is 455. The van der Waals surface area contributed by atoms with E-state index in [2.05, 4.69) is 22.5 Å². The van der Waals surface area contributed by atoms with Crippen molar-refractivity contribution in [2.24, 2.45) is 5.92 Å². The number of pyridine rings is 1. The molecule has 116 valence electrons. The second-order valence-corrected chi connectivity index (χ2v) is 5.84. The molecule has 1 aliphatic carbocycles. The molecule has 0 radical (unpaired) electrons. The van der Waals surface area contributed by atoms with Gasteiger partial charge < -0.3 is 10.6 Å². The van der Waals surface area contributed by atoms with Gasteiger partial charge in [0, 0.05) is 25.0 Å². The number of aromatic nitrogens is 1. The third kappa shape index (κ3) is 4.19. The Morgan fingerprint density at radius 2 is 2.10 bits per heavy atom. The molecule has 4 heteroatoms. The first-order valence-corrected chi connectivity index (χ1v) is 8.25. The summed E-state index contributed by atoms with van der Waals surface area (Å²) in [6.45, 7) is 4.98. The van der Waals surface area contributed by atoms with Crippen molar-refractivity contribution in [1.29, 1.82) is 0 Å². The first-order valence-electron chi connectivity index (χ1n) is 8.25. The van der Waals surface area contributed by atoms with E-state index in [1.54, 1.807) is 12.4 Å². The van der Waals surface area contributed by atoms with Crippen LogP contribution in [0.4, 0.5) is 5.69 Å². The SMILES string of the molecule is CCNc1ccncc1C(=O)NC(CC)C1CCCCC1. The van der Waals surface area contributed by atoms with Gasteiger partial charge in [-0.05, 0) is 38.2 Å². The molecule has 0 spiro atoms. The van der Waals surface area contributed by atoms with Gasteiger partial charge in [0.05, 0.1) is 11.3 Å². The highest BCUT2D eigenvalue weighted by atomic mass is 16.1. The van der Waals surface area contributed by atoms with Crippen LogP contribution in [0.1, 0.15) is 62.7 Å². The van der Waals surface area contributed by atoms with Crippen LogP contribution in [-0.2, 0) is 0 Å². The van der Waals surface area contributed by atoms with Crippen LogP contribution in [0.2, 0.25) is 0 Å². The summed E-state index contributed by atoms with van der Waals surface area (Å²) in [7, 11) is 0. The molecule has 1 aromatic heterocycles. The molecule has 21 heavy (non-hydrogen) atoms. The second-order valence-electron chi connectivity index (χ2n) is 5.84. The Kier molecular flexibility index (Phi) is 6.03. The molecule has 4 nitrogen and oxygen atoms in total. The number of carbonyl (C=O) groups excluding carboxylic acids is 1. The standard InChI is InChI=1S/C17H27N3O/c1-3-15(13-8-6-5-7-9-13)20-17(21)14-12-18-11-10-16(14)19-4-2/h10-13,15H,3-9H2,1-2H3,(H,18,19)(H,20,21). The lowest BCUT2D eigenvalue weighted by Gasteiger charge is -2.30. The summed E-state index contributed by atoms with van der Waals surface area (Å²) in [5.74, 6) is 0.628. The number of carbonyl (C=O) groups is 1. The van der Waals surface area contributed by atoms with Crippen molar-refractivity contribution in [1.82, 2.24) is 10.3 Å². The fourth-order valence-corrected chi connectivity index (χ4v) is 3.26. The largest absolute Gasteiger partial charge is 0.385 e. The van der Waals surface area contributed by atoms with E-state index in [4.69, 9.17) is 0 Å². The van der Waals surface area contributed by atoms with Gasteiger partial charge in [0.1, 0.15) is 0 Å². The smallest absolute Gasteiger partial charge is 0.255 e. The first-order chi connectivity index (χ1) is 10.3. The summed E-state index contributed by atoms with van der Waals surface area (Å²) in [5.41, 5.74) is 1.51. The minimum absolute atomic E-state index is 0.00327. The van der Waals surface area contributed by atoms with Crippen molar-refractivity contribution in [3.05, 3.63) is 24.0 Å². The summed E-state index contributed by atoms with van der Waals surface area (Å²) in [4.78, 5) is 16.7. The maximum absolute atomic E-state index is 12.6. The zero-order valence-corrected chi connectivity index (χ0v) is 13.2. The van der Waals surface area contributed by atoms with E-state index in [-0.39, 0.29) is 11.9 Å². The van der Waals surface area contributed by atoms with Gasteiger partial charge >= 0.3 is 0 Å². The zero-order chi connectivity index (χ0) is 15.1. The van der Waals surface area contributed by atoms with E-state index in [0.29, 0.717) is 11.5 Å². The van der Waals surface area contributed by atoms with Gasteiger partial charge in [-0.15, -0.1) is 0 Å². The Morgan fingerprint density at radius 3 is 2.76 bits per heavy atom. The molecule has 1 aromatic rings. The average Bonchev–Trinajstić information content (AvgIpc) is 2.54. The summed E-state index contributed by atoms with van der Waals surface area (Å²) < 4.78 is 0. The predicted molar refractivity (Wildman–Crippen MR) is 86.5 cm³/mol. The molecule has 1 fully saturated rings. The van der Waals surface area contributed by atoms with Gasteiger partial charge in [-0.2, -0.15) is 0 Å². The van der Waals surface area contributed by atoms with Crippen LogP contribution < -0.4 is 10.6 Å². The third-order valence-electron chi connectivity index (χ3n) is 4.41. The van der Waals surface area contributed by atoms with E-state index in [9.17, 15) is 4.79 Å². The minimum atomic E-state index is -0.00327. The number of anilines is 1. The van der Waals surface area contributed by atoms with Crippen LogP contribution in [0.15, 0.2) is 18.5 Å². The molecule has 0 aliphatic heterocycles. The normalized spacial score (nSPS) is 17.2. The molecule has 2 N–H and O–H groups in total. The molecular weight excluding hydrogens is 262 g/mol. The second kappa shape index (κ2) is 8.01. The van der Waals surface area contributed by atoms with Crippen LogP contribution in [0.3, 0.4) is 0 Å². The molecule has 2 rings (SSSR count). The van der Waals surface area contributed by atoms with Crippen molar-refractivity contribution in [3.8, 4) is 0 Å². The van der Waals surface area contributed by atoms with Crippen LogP contribution in [-0.4, -0.2) is 23.5 Å². The highest BCUT2D eigenvalue weighted by molar-refractivity contribution is 5.99. The minimum Gasteiger partial charge on any atom is -0.385 e. The van der Waals surface area contributed by atoms with E-state index < -0.39 is 0 Å². The molecule has 1 unspecified atom stereocenters. The molecule has 0 saturated heterocycles. The molecule has 1 amide bonds. The molecule has 1 aliphatic rings. The summed E-state index contributed by atoms with van der Waals surface area (Å²) in [5, 5.41) is 6.46. The van der Waals surface area contributed by atoms with Crippen molar-refractivity contribution >= 4 is 11.6 Å². The molecule has 1 heterocycles. The van der Waals surface area contributed by atoms with Gasteiger partial charge in [0.25, 0.3) is 5.91 Å². The zero-order valence-electron chi connectivity index (χ0n) is 13.2. The van der Waals surface area contributed by atoms with E-state index >= 15 is 0 Å². The first kappa shape index (κ1) is 15.8. The maximum atomic E-state index is 12.6. The Balaban J connectivity index is 2.05.